The first-order valence-corrected chi connectivity index (χ1v) is 11.2. The Kier molecular flexibility index (Phi) is 7.26. The molecule has 1 N–H and O–H groups in total. The predicted molar refractivity (Wildman–Crippen MR) is 132 cm³/mol. The van der Waals surface area contributed by atoms with Gasteiger partial charge in [-0.3, -0.25) is 4.79 Å². The Balaban J connectivity index is 1.88. The SMILES string of the molecule is CCOC(=O)c1c(NC(=O)c2ccccc2OC)c(-c2cccc(F)c2)cn1Cc1ccccc1. The van der Waals surface area contributed by atoms with Gasteiger partial charge in [-0.2, -0.15) is 0 Å². The second-order valence-corrected chi connectivity index (χ2v) is 7.77. The van der Waals surface area contributed by atoms with E-state index in [9.17, 15) is 14.0 Å². The molecule has 0 spiro atoms. The molecule has 1 amide bonds. The second-order valence-electron chi connectivity index (χ2n) is 7.77. The van der Waals surface area contributed by atoms with Gasteiger partial charge in [-0.15, -0.1) is 0 Å². The lowest BCUT2D eigenvalue weighted by Crippen LogP contribution is -2.19. The number of benzene rings is 3. The summed E-state index contributed by atoms with van der Waals surface area (Å²) >= 11 is 0. The molecule has 6 nitrogen and oxygen atoms in total. The van der Waals surface area contributed by atoms with Gasteiger partial charge in [-0.1, -0.05) is 54.6 Å². The van der Waals surface area contributed by atoms with Crippen molar-refractivity contribution in [2.24, 2.45) is 0 Å². The summed E-state index contributed by atoms with van der Waals surface area (Å²) in [7, 11) is 1.48. The van der Waals surface area contributed by atoms with Gasteiger partial charge in [0.05, 0.1) is 25.0 Å². The third kappa shape index (κ3) is 5.24. The maximum absolute atomic E-state index is 14.1. The van der Waals surface area contributed by atoms with Crippen molar-refractivity contribution in [3.05, 3.63) is 108 Å². The molecule has 1 heterocycles. The fourth-order valence-electron chi connectivity index (χ4n) is 3.89. The van der Waals surface area contributed by atoms with Crippen LogP contribution in [0.3, 0.4) is 0 Å². The van der Waals surface area contributed by atoms with Crippen molar-refractivity contribution >= 4 is 17.6 Å². The van der Waals surface area contributed by atoms with Gasteiger partial charge in [0, 0.05) is 18.3 Å². The van der Waals surface area contributed by atoms with E-state index < -0.39 is 17.7 Å². The minimum absolute atomic E-state index is 0.157. The molecule has 0 bridgehead atoms. The fraction of sp³-hybridized carbons (Fsp3) is 0.143. The third-order valence-corrected chi connectivity index (χ3v) is 5.47. The standard InChI is InChI=1S/C28H25FN2O4/c1-3-35-28(33)26-25(30-27(32)22-14-7-8-15-24(22)34-2)23(20-12-9-13-21(29)16-20)18-31(26)17-19-10-5-4-6-11-19/h4-16,18H,3,17H2,1-2H3,(H,30,32). The highest BCUT2D eigenvalue weighted by Crippen LogP contribution is 2.35. The topological polar surface area (TPSA) is 69.6 Å². The van der Waals surface area contributed by atoms with E-state index in [1.165, 1.54) is 19.2 Å². The van der Waals surface area contributed by atoms with Crippen LogP contribution in [-0.2, 0) is 11.3 Å². The Morgan fingerprint density at radius 2 is 1.71 bits per heavy atom. The molecule has 0 saturated carbocycles. The highest BCUT2D eigenvalue weighted by molar-refractivity contribution is 6.12. The number of halogens is 1. The maximum atomic E-state index is 14.1. The zero-order valence-electron chi connectivity index (χ0n) is 19.5. The van der Waals surface area contributed by atoms with E-state index in [-0.39, 0.29) is 18.0 Å². The van der Waals surface area contributed by atoms with Crippen LogP contribution in [0.5, 0.6) is 5.75 Å². The quantitative estimate of drug-likeness (QED) is 0.330. The average molecular weight is 473 g/mol. The Morgan fingerprint density at radius 3 is 2.43 bits per heavy atom. The van der Waals surface area contributed by atoms with Crippen LogP contribution in [0, 0.1) is 5.82 Å². The van der Waals surface area contributed by atoms with Gasteiger partial charge in [0.1, 0.15) is 11.6 Å². The average Bonchev–Trinajstić information content (AvgIpc) is 3.22. The molecular weight excluding hydrogens is 447 g/mol. The number of methoxy groups -OCH3 is 1. The lowest BCUT2D eigenvalue weighted by Gasteiger charge is -2.13. The van der Waals surface area contributed by atoms with E-state index in [0.29, 0.717) is 29.0 Å². The summed E-state index contributed by atoms with van der Waals surface area (Å²) in [6.07, 6.45) is 1.73. The number of carbonyl (C=O) groups excluding carboxylic acids is 2. The van der Waals surface area contributed by atoms with Crippen LogP contribution in [0.2, 0.25) is 0 Å². The highest BCUT2D eigenvalue weighted by Gasteiger charge is 2.26. The number of carbonyl (C=O) groups is 2. The van der Waals surface area contributed by atoms with Gasteiger partial charge < -0.3 is 19.4 Å². The number of hydrogen-bond donors (Lipinski definition) is 1. The minimum Gasteiger partial charge on any atom is -0.496 e. The third-order valence-electron chi connectivity index (χ3n) is 5.47. The van der Waals surface area contributed by atoms with Crippen molar-refractivity contribution in [2.45, 2.75) is 13.5 Å². The smallest absolute Gasteiger partial charge is 0.357 e. The molecule has 0 aliphatic rings. The Bertz CT molecular complexity index is 1350. The number of aromatic nitrogens is 1. The maximum Gasteiger partial charge on any atom is 0.357 e. The van der Waals surface area contributed by atoms with E-state index in [2.05, 4.69) is 5.32 Å². The number of hydrogen-bond acceptors (Lipinski definition) is 4. The summed E-state index contributed by atoms with van der Waals surface area (Å²) < 4.78 is 26.5. The Hall–Kier alpha value is -4.39. The normalized spacial score (nSPS) is 10.6. The van der Waals surface area contributed by atoms with Crippen molar-refractivity contribution in [3.63, 3.8) is 0 Å². The highest BCUT2D eigenvalue weighted by atomic mass is 19.1. The monoisotopic (exact) mass is 472 g/mol. The van der Waals surface area contributed by atoms with Gasteiger partial charge in [-0.25, -0.2) is 9.18 Å². The summed E-state index contributed by atoms with van der Waals surface area (Å²) in [6.45, 7) is 2.22. The van der Waals surface area contributed by atoms with E-state index in [1.54, 1.807) is 54.1 Å². The van der Waals surface area contributed by atoms with Crippen molar-refractivity contribution in [2.75, 3.05) is 19.0 Å². The number of anilines is 1. The van der Waals surface area contributed by atoms with Crippen molar-refractivity contribution in [3.8, 4) is 16.9 Å². The molecule has 0 aliphatic carbocycles. The molecule has 178 valence electrons. The largest absolute Gasteiger partial charge is 0.496 e. The van der Waals surface area contributed by atoms with Crippen LogP contribution < -0.4 is 10.1 Å². The first-order valence-electron chi connectivity index (χ1n) is 11.2. The van der Waals surface area contributed by atoms with E-state index in [4.69, 9.17) is 9.47 Å². The number of rotatable bonds is 8. The van der Waals surface area contributed by atoms with Crippen LogP contribution in [0.25, 0.3) is 11.1 Å². The first-order chi connectivity index (χ1) is 17.0. The number of nitrogens with zero attached hydrogens (tertiary/aromatic N) is 1. The van der Waals surface area contributed by atoms with Gasteiger partial charge in [0.15, 0.2) is 5.69 Å². The van der Waals surface area contributed by atoms with E-state index >= 15 is 0 Å². The molecule has 0 unspecified atom stereocenters. The predicted octanol–water partition coefficient (Wildman–Crippen LogP) is 5.78. The van der Waals surface area contributed by atoms with Gasteiger partial charge >= 0.3 is 5.97 Å². The van der Waals surface area contributed by atoms with Crippen molar-refractivity contribution in [1.82, 2.24) is 4.57 Å². The molecule has 0 atom stereocenters. The summed E-state index contributed by atoms with van der Waals surface area (Å²) in [5.74, 6) is -1.11. The molecule has 4 rings (SSSR count). The minimum atomic E-state index is -0.596. The zero-order chi connectivity index (χ0) is 24.8. The molecule has 1 aromatic heterocycles. The lowest BCUT2D eigenvalue weighted by molar-refractivity contribution is 0.0515. The molecule has 35 heavy (non-hydrogen) atoms. The molecule has 0 aliphatic heterocycles. The molecule has 3 aromatic carbocycles. The van der Waals surface area contributed by atoms with Crippen molar-refractivity contribution in [1.29, 1.82) is 0 Å². The Labute approximate surface area is 202 Å². The second kappa shape index (κ2) is 10.7. The van der Waals surface area contributed by atoms with Crippen LogP contribution in [0.15, 0.2) is 85.1 Å². The summed E-state index contributed by atoms with van der Waals surface area (Å²) in [5, 5.41) is 2.87. The van der Waals surface area contributed by atoms with Crippen LogP contribution in [0.4, 0.5) is 10.1 Å². The Morgan fingerprint density at radius 1 is 0.971 bits per heavy atom. The van der Waals surface area contributed by atoms with Crippen LogP contribution in [0.1, 0.15) is 33.3 Å². The fourth-order valence-corrected chi connectivity index (χ4v) is 3.89. The zero-order valence-corrected chi connectivity index (χ0v) is 19.5. The number of ether oxygens (including phenoxy) is 2. The molecular formula is C28H25FN2O4. The summed E-state index contributed by atoms with van der Waals surface area (Å²) in [4.78, 5) is 26.5. The molecule has 7 heteroatoms. The van der Waals surface area contributed by atoms with Gasteiger partial charge in [-0.05, 0) is 42.3 Å². The molecule has 4 aromatic rings. The number of esters is 1. The van der Waals surface area contributed by atoms with Gasteiger partial charge in [0.25, 0.3) is 5.91 Å². The van der Waals surface area contributed by atoms with Crippen LogP contribution in [-0.4, -0.2) is 30.2 Å². The number of nitrogens with one attached hydrogen (secondary N) is 1. The van der Waals surface area contributed by atoms with E-state index in [1.807, 2.05) is 30.3 Å². The molecule has 0 radical (unpaired) electrons. The summed E-state index contributed by atoms with van der Waals surface area (Å²) in [6, 6.07) is 22.4. The van der Waals surface area contributed by atoms with E-state index in [0.717, 1.165) is 5.56 Å². The van der Waals surface area contributed by atoms with Gasteiger partial charge in [0.2, 0.25) is 0 Å². The van der Waals surface area contributed by atoms with Crippen molar-refractivity contribution < 1.29 is 23.5 Å². The summed E-state index contributed by atoms with van der Waals surface area (Å²) in [5.41, 5.74) is 2.65. The lowest BCUT2D eigenvalue weighted by atomic mass is 10.1. The first kappa shape index (κ1) is 23.8. The number of para-hydroxylation sites is 1. The number of amides is 1. The molecule has 0 fully saturated rings. The molecule has 0 saturated heterocycles. The van der Waals surface area contributed by atoms with Crippen LogP contribution >= 0.6 is 0 Å².